The van der Waals surface area contributed by atoms with Gasteiger partial charge in [0.2, 0.25) is 5.91 Å². The summed E-state index contributed by atoms with van der Waals surface area (Å²) in [6.45, 7) is 0. The van der Waals surface area contributed by atoms with Crippen LogP contribution in [-0.2, 0) is 17.0 Å². The summed E-state index contributed by atoms with van der Waals surface area (Å²) in [5.74, 6) is 0.378. The summed E-state index contributed by atoms with van der Waals surface area (Å²) >= 11 is 7.38. The lowest BCUT2D eigenvalue weighted by Crippen LogP contribution is -2.18. The van der Waals surface area contributed by atoms with Crippen LogP contribution in [0.25, 0.3) is 0 Å². The third-order valence-corrected chi connectivity index (χ3v) is 5.23. The maximum Gasteiger partial charge on any atom is 0.251 e. The average Bonchev–Trinajstić information content (AvgIpc) is 2.66. The number of nitrogens with zero attached hydrogens (tertiary/aromatic N) is 2. The fraction of sp³-hybridized carbons (Fsp3) is 0.190. The van der Waals surface area contributed by atoms with Crippen molar-refractivity contribution in [2.24, 2.45) is 0 Å². The quantitative estimate of drug-likeness (QED) is 0.440. The highest BCUT2D eigenvalue weighted by Crippen LogP contribution is 2.21. The molecule has 1 aromatic heterocycles. The van der Waals surface area contributed by atoms with Crippen LogP contribution in [0.15, 0.2) is 64.5 Å². The number of hydrogen-bond donors (Lipinski definition) is 2. The third-order valence-electron chi connectivity index (χ3n) is 4.05. The van der Waals surface area contributed by atoms with Gasteiger partial charge in [-0.2, -0.15) is 0 Å². The number of nitrogens with one attached hydrogen (secondary N) is 2. The van der Waals surface area contributed by atoms with Gasteiger partial charge in [-0.15, -0.1) is 0 Å². The maximum atomic E-state index is 12.3. The van der Waals surface area contributed by atoms with Crippen LogP contribution < -0.4 is 15.8 Å². The summed E-state index contributed by atoms with van der Waals surface area (Å²) in [7, 11) is 3.91. The minimum Gasteiger partial charge on any atom is -0.378 e. The molecule has 2 aromatic carbocycles. The zero-order valence-electron chi connectivity index (χ0n) is 16.1. The molecule has 3 rings (SSSR count). The predicted octanol–water partition coefficient (Wildman–Crippen LogP) is 3.96. The second-order valence-corrected chi connectivity index (χ2v) is 8.03. The Morgan fingerprint density at radius 2 is 1.93 bits per heavy atom. The monoisotopic (exact) mass is 428 g/mol. The number of aromatic amines is 1. The number of carbonyl (C=O) groups excluding carboxylic acids is 1. The lowest BCUT2D eigenvalue weighted by atomic mass is 10.2. The Morgan fingerprint density at radius 3 is 2.62 bits per heavy atom. The van der Waals surface area contributed by atoms with Crippen molar-refractivity contribution in [1.82, 2.24) is 9.97 Å². The number of aromatic nitrogens is 2. The minimum absolute atomic E-state index is 0.0179. The second-order valence-electron chi connectivity index (χ2n) is 6.63. The molecular formula is C21H21ClN4O2S. The molecule has 0 saturated heterocycles. The van der Waals surface area contributed by atoms with Crippen LogP contribution in [0.2, 0.25) is 5.02 Å². The summed E-state index contributed by atoms with van der Waals surface area (Å²) in [6.07, 6.45) is 0.0179. The first-order chi connectivity index (χ1) is 13.9. The van der Waals surface area contributed by atoms with Gasteiger partial charge < -0.3 is 15.2 Å². The highest BCUT2D eigenvalue weighted by Gasteiger charge is 2.09. The number of amides is 1. The summed E-state index contributed by atoms with van der Waals surface area (Å²) in [5.41, 5.74) is 2.90. The van der Waals surface area contributed by atoms with E-state index in [0.29, 0.717) is 27.3 Å². The van der Waals surface area contributed by atoms with Crippen LogP contribution in [0.1, 0.15) is 11.3 Å². The molecule has 0 aliphatic carbocycles. The number of H-pyrrole nitrogens is 1. The first-order valence-electron chi connectivity index (χ1n) is 8.94. The molecule has 0 radical (unpaired) electrons. The van der Waals surface area contributed by atoms with E-state index in [9.17, 15) is 9.59 Å². The first-order valence-corrected chi connectivity index (χ1v) is 10.3. The molecule has 0 aliphatic heterocycles. The Hall–Kier alpha value is -2.77. The van der Waals surface area contributed by atoms with Crippen molar-refractivity contribution < 1.29 is 4.79 Å². The van der Waals surface area contributed by atoms with E-state index in [1.165, 1.54) is 17.8 Å². The van der Waals surface area contributed by atoms with Crippen molar-refractivity contribution in [3.05, 3.63) is 81.2 Å². The Balaban J connectivity index is 1.62. The van der Waals surface area contributed by atoms with Crippen LogP contribution in [-0.4, -0.2) is 30.0 Å². The molecule has 2 N–H and O–H groups in total. The van der Waals surface area contributed by atoms with Crippen LogP contribution in [0.4, 0.5) is 11.4 Å². The van der Waals surface area contributed by atoms with Crippen LogP contribution >= 0.6 is 23.4 Å². The van der Waals surface area contributed by atoms with Crippen molar-refractivity contribution in [1.29, 1.82) is 0 Å². The van der Waals surface area contributed by atoms with E-state index < -0.39 is 0 Å². The van der Waals surface area contributed by atoms with Crippen LogP contribution in [0.3, 0.4) is 0 Å². The number of hydrogen-bond acceptors (Lipinski definition) is 5. The number of halogens is 1. The van der Waals surface area contributed by atoms with Crippen molar-refractivity contribution in [2.45, 2.75) is 17.3 Å². The van der Waals surface area contributed by atoms with E-state index in [1.807, 2.05) is 67.5 Å². The maximum absolute atomic E-state index is 12.3. The molecule has 0 aliphatic rings. The van der Waals surface area contributed by atoms with Gasteiger partial charge in [0, 0.05) is 42.3 Å². The molecule has 0 unspecified atom stereocenters. The fourth-order valence-corrected chi connectivity index (χ4v) is 3.68. The zero-order chi connectivity index (χ0) is 20.8. The molecule has 29 heavy (non-hydrogen) atoms. The number of thioether (sulfide) groups is 1. The van der Waals surface area contributed by atoms with Crippen molar-refractivity contribution >= 4 is 40.6 Å². The minimum atomic E-state index is -0.285. The van der Waals surface area contributed by atoms with Gasteiger partial charge in [0.25, 0.3) is 5.56 Å². The summed E-state index contributed by atoms with van der Waals surface area (Å²) in [6, 6.07) is 16.4. The van der Waals surface area contributed by atoms with E-state index in [1.54, 1.807) is 0 Å². The lowest BCUT2D eigenvalue weighted by Gasteiger charge is -2.13. The Bertz CT molecular complexity index is 1050. The third kappa shape index (κ3) is 6.37. The first kappa shape index (κ1) is 21.0. The molecule has 0 fully saturated rings. The molecule has 6 nitrogen and oxygen atoms in total. The molecule has 0 bridgehead atoms. The standard InChI is InChI=1S/C21H21ClN4O2S/c1-26(2)18-8-6-16(7-9-18)23-19(27)11-17-12-20(28)25-21(24-17)29-13-14-4-3-5-15(22)10-14/h3-10,12H,11,13H2,1-2H3,(H,23,27)(H,24,25,28). The number of rotatable bonds is 7. The Labute approximate surface area is 178 Å². The molecule has 150 valence electrons. The molecule has 0 spiro atoms. The van der Waals surface area contributed by atoms with Gasteiger partial charge in [0.15, 0.2) is 5.16 Å². The van der Waals surface area contributed by atoms with Gasteiger partial charge in [-0.25, -0.2) is 4.98 Å². The summed E-state index contributed by atoms with van der Waals surface area (Å²) < 4.78 is 0. The fourth-order valence-electron chi connectivity index (χ4n) is 2.63. The van der Waals surface area contributed by atoms with Crippen molar-refractivity contribution in [3.63, 3.8) is 0 Å². The Kier molecular flexibility index (Phi) is 6.95. The van der Waals surface area contributed by atoms with Gasteiger partial charge in [0.05, 0.1) is 12.1 Å². The highest BCUT2D eigenvalue weighted by molar-refractivity contribution is 7.98. The van der Waals surface area contributed by atoms with Gasteiger partial charge in [-0.3, -0.25) is 9.59 Å². The highest BCUT2D eigenvalue weighted by atomic mass is 35.5. The normalized spacial score (nSPS) is 10.6. The largest absolute Gasteiger partial charge is 0.378 e. The molecule has 0 atom stereocenters. The van der Waals surface area contributed by atoms with E-state index in [2.05, 4.69) is 15.3 Å². The Morgan fingerprint density at radius 1 is 1.17 bits per heavy atom. The molecule has 1 amide bonds. The topological polar surface area (TPSA) is 78.1 Å². The lowest BCUT2D eigenvalue weighted by molar-refractivity contribution is -0.115. The van der Waals surface area contributed by atoms with Gasteiger partial charge in [0.1, 0.15) is 0 Å². The SMILES string of the molecule is CN(C)c1ccc(NC(=O)Cc2cc(=O)[nH]c(SCc3cccc(Cl)c3)n2)cc1. The van der Waals surface area contributed by atoms with Gasteiger partial charge in [-0.1, -0.05) is 35.5 Å². The molecule has 8 heteroatoms. The van der Waals surface area contributed by atoms with E-state index >= 15 is 0 Å². The number of benzene rings is 2. The van der Waals surface area contributed by atoms with Gasteiger partial charge in [-0.05, 0) is 42.0 Å². The predicted molar refractivity (Wildman–Crippen MR) is 119 cm³/mol. The number of carbonyl (C=O) groups is 1. The van der Waals surface area contributed by atoms with Crippen LogP contribution in [0, 0.1) is 0 Å². The number of anilines is 2. The summed E-state index contributed by atoms with van der Waals surface area (Å²) in [5, 5.41) is 3.96. The smallest absolute Gasteiger partial charge is 0.251 e. The van der Waals surface area contributed by atoms with E-state index in [-0.39, 0.29) is 17.9 Å². The van der Waals surface area contributed by atoms with Crippen molar-refractivity contribution in [2.75, 3.05) is 24.3 Å². The van der Waals surface area contributed by atoms with Crippen molar-refractivity contribution in [3.8, 4) is 0 Å². The molecular weight excluding hydrogens is 408 g/mol. The van der Waals surface area contributed by atoms with E-state index in [4.69, 9.17) is 11.6 Å². The summed E-state index contributed by atoms with van der Waals surface area (Å²) in [4.78, 5) is 33.4. The van der Waals surface area contributed by atoms with Crippen LogP contribution in [0.5, 0.6) is 0 Å². The second kappa shape index (κ2) is 9.62. The molecule has 0 saturated carbocycles. The molecule has 1 heterocycles. The van der Waals surface area contributed by atoms with E-state index in [0.717, 1.165) is 11.3 Å². The molecule has 3 aromatic rings. The zero-order valence-corrected chi connectivity index (χ0v) is 17.7. The van der Waals surface area contributed by atoms with Gasteiger partial charge >= 0.3 is 0 Å². The average molecular weight is 429 g/mol.